The summed E-state index contributed by atoms with van der Waals surface area (Å²) in [5.74, 6) is 0. The van der Waals surface area contributed by atoms with Crippen molar-refractivity contribution in [2.75, 3.05) is 0 Å². The lowest BCUT2D eigenvalue weighted by Crippen LogP contribution is -1.89. The Morgan fingerprint density at radius 3 is 1.75 bits per heavy atom. The van der Waals surface area contributed by atoms with Crippen LogP contribution >= 0.6 is 0 Å². The van der Waals surface area contributed by atoms with Crippen molar-refractivity contribution in [3.8, 4) is 0 Å². The fraction of sp³-hybridized carbons (Fsp3) is 0.333. The van der Waals surface area contributed by atoms with E-state index in [0.29, 0.717) is 5.56 Å². The van der Waals surface area contributed by atoms with Gasteiger partial charge in [0.05, 0.1) is 0 Å². The van der Waals surface area contributed by atoms with Crippen LogP contribution in [-0.2, 0) is 20.0 Å². The van der Waals surface area contributed by atoms with Crippen molar-refractivity contribution in [1.29, 1.82) is 0 Å². The van der Waals surface area contributed by atoms with E-state index in [1.807, 2.05) is 0 Å². The van der Waals surface area contributed by atoms with Gasteiger partial charge in [0.2, 0.25) is 0 Å². The van der Waals surface area contributed by atoms with Crippen molar-refractivity contribution in [3.63, 3.8) is 0 Å². The van der Waals surface area contributed by atoms with Gasteiger partial charge >= 0.3 is 0 Å². The average molecular weight is 173 g/mol. The largest absolute Gasteiger partial charge is 0.246 e. The van der Waals surface area contributed by atoms with Gasteiger partial charge in [0.25, 0.3) is 0 Å². The highest BCUT2D eigenvalue weighted by atomic mass is 19.1. The summed E-state index contributed by atoms with van der Waals surface area (Å²) in [6, 6.07) is 5.19. The molecular formula is C9H8F3. The van der Waals surface area contributed by atoms with E-state index < -0.39 is 20.0 Å². The predicted molar refractivity (Wildman–Crippen MR) is 39.7 cm³/mol. The Morgan fingerprint density at radius 2 is 1.42 bits per heavy atom. The molecule has 1 aromatic rings. The van der Waals surface area contributed by atoms with Crippen LogP contribution in [0.5, 0.6) is 0 Å². The Hall–Kier alpha value is -0.990. The molecule has 65 valence electrons. The SMILES string of the molecule is FCc1[c]c(CF)cc(CF)c1. The van der Waals surface area contributed by atoms with E-state index >= 15 is 0 Å². The van der Waals surface area contributed by atoms with Gasteiger partial charge in [0.15, 0.2) is 0 Å². The molecule has 0 fully saturated rings. The summed E-state index contributed by atoms with van der Waals surface area (Å²) >= 11 is 0. The van der Waals surface area contributed by atoms with Crippen LogP contribution in [0.25, 0.3) is 0 Å². The Balaban J connectivity index is 3.01. The first-order chi connectivity index (χ1) is 5.80. The molecule has 0 spiro atoms. The maximum Gasteiger partial charge on any atom is 0.115 e. The zero-order chi connectivity index (χ0) is 8.97. The van der Waals surface area contributed by atoms with Gasteiger partial charge in [0.1, 0.15) is 20.0 Å². The van der Waals surface area contributed by atoms with E-state index in [4.69, 9.17) is 0 Å². The van der Waals surface area contributed by atoms with Crippen molar-refractivity contribution in [2.45, 2.75) is 20.0 Å². The van der Waals surface area contributed by atoms with Gasteiger partial charge in [0, 0.05) is 0 Å². The second kappa shape index (κ2) is 4.14. The van der Waals surface area contributed by atoms with Gasteiger partial charge in [-0.15, -0.1) is 0 Å². The molecule has 0 unspecified atom stereocenters. The standard InChI is InChI=1S/C9H8F3/c10-4-7-1-8(5-11)3-9(2-7)6-12/h1-2H,4-6H2. The average Bonchev–Trinajstić information content (AvgIpc) is 2.16. The molecule has 0 bridgehead atoms. The fourth-order valence-electron chi connectivity index (χ4n) is 0.989. The molecule has 0 aliphatic heterocycles. The van der Waals surface area contributed by atoms with E-state index in [0.717, 1.165) is 0 Å². The number of halogens is 3. The number of benzene rings is 1. The number of alkyl halides is 3. The van der Waals surface area contributed by atoms with Crippen LogP contribution in [0.2, 0.25) is 0 Å². The molecule has 1 aromatic carbocycles. The first kappa shape index (κ1) is 9.10. The van der Waals surface area contributed by atoms with Crippen molar-refractivity contribution in [1.82, 2.24) is 0 Å². The lowest BCUT2D eigenvalue weighted by molar-refractivity contribution is 0.464. The smallest absolute Gasteiger partial charge is 0.115 e. The van der Waals surface area contributed by atoms with Gasteiger partial charge in [-0.25, -0.2) is 13.2 Å². The Morgan fingerprint density at radius 1 is 0.917 bits per heavy atom. The highest BCUT2D eigenvalue weighted by Crippen LogP contribution is 2.12. The third-order valence-corrected chi connectivity index (χ3v) is 1.48. The second-order valence-electron chi connectivity index (χ2n) is 2.44. The minimum absolute atomic E-state index is 0.206. The molecule has 0 aromatic heterocycles. The predicted octanol–water partition coefficient (Wildman–Crippen LogP) is 2.90. The first-order valence-corrected chi connectivity index (χ1v) is 3.52. The first-order valence-electron chi connectivity index (χ1n) is 3.52. The number of hydrogen-bond acceptors (Lipinski definition) is 0. The minimum atomic E-state index is -0.735. The maximum atomic E-state index is 12.1. The molecule has 1 radical (unpaired) electrons. The Kier molecular flexibility index (Phi) is 3.14. The van der Waals surface area contributed by atoms with Crippen LogP contribution in [0.15, 0.2) is 12.1 Å². The molecule has 0 nitrogen and oxygen atoms in total. The molecular weight excluding hydrogens is 165 g/mol. The molecule has 12 heavy (non-hydrogen) atoms. The van der Waals surface area contributed by atoms with E-state index in [1.165, 1.54) is 12.1 Å². The van der Waals surface area contributed by atoms with Gasteiger partial charge < -0.3 is 0 Å². The maximum absolute atomic E-state index is 12.1. The molecule has 1 rings (SSSR count). The lowest BCUT2D eigenvalue weighted by atomic mass is 10.1. The topological polar surface area (TPSA) is 0 Å². The van der Waals surface area contributed by atoms with Crippen molar-refractivity contribution in [2.24, 2.45) is 0 Å². The van der Waals surface area contributed by atoms with Crippen LogP contribution in [0.3, 0.4) is 0 Å². The molecule has 0 amide bonds. The molecule has 0 aliphatic rings. The van der Waals surface area contributed by atoms with Crippen molar-refractivity contribution >= 4 is 0 Å². The summed E-state index contributed by atoms with van der Waals surface area (Å²) in [5, 5.41) is 0. The van der Waals surface area contributed by atoms with Crippen LogP contribution in [0, 0.1) is 6.07 Å². The monoisotopic (exact) mass is 173 g/mol. The zero-order valence-corrected chi connectivity index (χ0v) is 6.41. The third kappa shape index (κ3) is 2.00. The minimum Gasteiger partial charge on any atom is -0.246 e. The van der Waals surface area contributed by atoms with Gasteiger partial charge in [-0.05, 0) is 34.9 Å². The lowest BCUT2D eigenvalue weighted by Gasteiger charge is -2.01. The van der Waals surface area contributed by atoms with Crippen LogP contribution in [0.1, 0.15) is 16.7 Å². The van der Waals surface area contributed by atoms with E-state index in [-0.39, 0.29) is 11.1 Å². The normalized spacial score (nSPS) is 10.2. The number of rotatable bonds is 3. The molecule has 0 N–H and O–H groups in total. The Bertz CT molecular complexity index is 203. The van der Waals surface area contributed by atoms with E-state index in [2.05, 4.69) is 6.07 Å². The third-order valence-electron chi connectivity index (χ3n) is 1.48. The fourth-order valence-corrected chi connectivity index (χ4v) is 0.989. The van der Waals surface area contributed by atoms with Crippen LogP contribution in [0.4, 0.5) is 13.2 Å². The van der Waals surface area contributed by atoms with Crippen molar-refractivity contribution < 1.29 is 13.2 Å². The molecule has 0 saturated heterocycles. The highest BCUT2D eigenvalue weighted by Gasteiger charge is 2.00. The molecule has 0 heterocycles. The summed E-state index contributed by atoms with van der Waals surface area (Å²) in [6.07, 6.45) is 0. The summed E-state index contributed by atoms with van der Waals surface area (Å²) in [4.78, 5) is 0. The zero-order valence-electron chi connectivity index (χ0n) is 6.41. The molecule has 0 aliphatic carbocycles. The van der Waals surface area contributed by atoms with Crippen molar-refractivity contribution in [3.05, 3.63) is 34.9 Å². The van der Waals surface area contributed by atoms with Gasteiger partial charge in [-0.3, -0.25) is 0 Å². The summed E-state index contributed by atoms with van der Waals surface area (Å²) < 4.78 is 36.3. The van der Waals surface area contributed by atoms with Gasteiger partial charge in [-0.2, -0.15) is 0 Å². The molecule has 0 saturated carbocycles. The van der Waals surface area contributed by atoms with Gasteiger partial charge in [-0.1, -0.05) is 0 Å². The Labute approximate surface area is 69.0 Å². The second-order valence-corrected chi connectivity index (χ2v) is 2.44. The number of hydrogen-bond donors (Lipinski definition) is 0. The summed E-state index contributed by atoms with van der Waals surface area (Å²) in [7, 11) is 0. The summed E-state index contributed by atoms with van der Waals surface area (Å²) in [6.45, 7) is -2.17. The quantitative estimate of drug-likeness (QED) is 0.659. The molecule has 0 atom stereocenters. The molecule has 3 heteroatoms. The van der Waals surface area contributed by atoms with E-state index in [9.17, 15) is 13.2 Å². The summed E-state index contributed by atoms with van der Waals surface area (Å²) in [5.41, 5.74) is 0.713. The van der Waals surface area contributed by atoms with E-state index in [1.54, 1.807) is 0 Å². The highest BCUT2D eigenvalue weighted by molar-refractivity contribution is 5.27. The van der Waals surface area contributed by atoms with Crippen LogP contribution in [-0.4, -0.2) is 0 Å². The van der Waals surface area contributed by atoms with Crippen LogP contribution < -0.4 is 0 Å².